The van der Waals surface area contributed by atoms with Crippen molar-refractivity contribution in [2.24, 2.45) is 10.9 Å². The maximum atomic E-state index is 5.91. The Bertz CT molecular complexity index is 592. The van der Waals surface area contributed by atoms with E-state index in [-0.39, 0.29) is 24.0 Å². The molecule has 0 atom stereocenters. The predicted octanol–water partition coefficient (Wildman–Crippen LogP) is 3.51. The van der Waals surface area contributed by atoms with Crippen LogP contribution in [0, 0.1) is 5.92 Å². The second-order valence-corrected chi connectivity index (χ2v) is 7.82. The van der Waals surface area contributed by atoms with E-state index in [0.29, 0.717) is 12.6 Å². The van der Waals surface area contributed by atoms with E-state index in [1.165, 1.54) is 31.2 Å². The molecule has 0 amide bonds. The van der Waals surface area contributed by atoms with Crippen molar-refractivity contribution in [1.29, 1.82) is 0 Å². The summed E-state index contributed by atoms with van der Waals surface area (Å²) in [7, 11) is 5.64. The van der Waals surface area contributed by atoms with Crippen LogP contribution in [-0.2, 0) is 11.3 Å². The number of nitrogens with one attached hydrogen (secondary N) is 2. The molecule has 2 rings (SSSR count). The van der Waals surface area contributed by atoms with Gasteiger partial charge in [-0.15, -0.1) is 24.0 Å². The van der Waals surface area contributed by atoms with E-state index in [0.717, 1.165) is 43.9 Å². The van der Waals surface area contributed by atoms with Gasteiger partial charge in [0.05, 0.1) is 6.61 Å². The third-order valence-corrected chi connectivity index (χ3v) is 5.36. The Balaban J connectivity index is 0.00000420. The molecule has 0 aromatic heterocycles. The van der Waals surface area contributed by atoms with Gasteiger partial charge < -0.3 is 25.0 Å². The van der Waals surface area contributed by atoms with Gasteiger partial charge in [-0.3, -0.25) is 4.99 Å². The van der Waals surface area contributed by atoms with E-state index in [1.54, 1.807) is 7.11 Å². The number of hydrogen-bond donors (Lipinski definition) is 2. The summed E-state index contributed by atoms with van der Waals surface area (Å²) in [6, 6.07) is 8.79. The Morgan fingerprint density at radius 2 is 1.90 bits per heavy atom. The van der Waals surface area contributed by atoms with Crippen LogP contribution in [0.15, 0.2) is 29.3 Å². The van der Waals surface area contributed by atoms with Crippen molar-refractivity contribution >= 4 is 29.9 Å². The zero-order valence-corrected chi connectivity index (χ0v) is 20.8. The molecular weight excluding hydrogens is 479 g/mol. The van der Waals surface area contributed by atoms with Crippen molar-refractivity contribution in [3.63, 3.8) is 0 Å². The highest BCUT2D eigenvalue weighted by Crippen LogP contribution is 2.23. The molecule has 1 aromatic carbocycles. The number of hydrogen-bond acceptors (Lipinski definition) is 4. The molecule has 0 aliphatic heterocycles. The summed E-state index contributed by atoms with van der Waals surface area (Å²) in [5.41, 5.74) is 1.19. The van der Waals surface area contributed by atoms with Crippen LogP contribution >= 0.6 is 24.0 Å². The summed E-state index contributed by atoms with van der Waals surface area (Å²) in [6.07, 6.45) is 5.05. The number of ether oxygens (including phenoxy) is 2. The molecule has 1 aromatic rings. The van der Waals surface area contributed by atoms with Crippen LogP contribution in [-0.4, -0.2) is 64.4 Å². The highest BCUT2D eigenvalue weighted by molar-refractivity contribution is 14.0. The van der Waals surface area contributed by atoms with E-state index >= 15 is 0 Å². The van der Waals surface area contributed by atoms with Gasteiger partial charge in [-0.1, -0.05) is 19.1 Å². The largest absolute Gasteiger partial charge is 0.492 e. The van der Waals surface area contributed by atoms with Gasteiger partial charge in [0, 0.05) is 39.8 Å². The molecule has 6 nitrogen and oxygen atoms in total. The number of aliphatic imine (C=N–C) groups is 1. The molecule has 1 saturated carbocycles. The fourth-order valence-corrected chi connectivity index (χ4v) is 3.40. The topological polar surface area (TPSA) is 58.1 Å². The third kappa shape index (κ3) is 10.5. The maximum absolute atomic E-state index is 5.91. The lowest BCUT2D eigenvalue weighted by Crippen LogP contribution is -2.44. The smallest absolute Gasteiger partial charge is 0.191 e. The van der Waals surface area contributed by atoms with Crippen LogP contribution in [0.5, 0.6) is 5.75 Å². The number of halogens is 1. The second-order valence-electron chi connectivity index (χ2n) is 7.82. The summed E-state index contributed by atoms with van der Waals surface area (Å²) >= 11 is 0. The van der Waals surface area contributed by atoms with Gasteiger partial charge in [0.15, 0.2) is 5.96 Å². The lowest BCUT2D eigenvalue weighted by molar-refractivity contribution is 0.150. The number of nitrogens with zero attached hydrogens (tertiary/aromatic N) is 2. The predicted molar refractivity (Wildman–Crippen MR) is 131 cm³/mol. The van der Waals surface area contributed by atoms with Crippen molar-refractivity contribution in [3.8, 4) is 5.75 Å². The minimum atomic E-state index is 0. The summed E-state index contributed by atoms with van der Waals surface area (Å²) in [5.74, 6) is 2.64. The van der Waals surface area contributed by atoms with E-state index in [2.05, 4.69) is 46.6 Å². The molecule has 0 saturated heterocycles. The van der Waals surface area contributed by atoms with Gasteiger partial charge >= 0.3 is 0 Å². The van der Waals surface area contributed by atoms with Gasteiger partial charge in [-0.05, 0) is 56.3 Å². The quantitative estimate of drug-likeness (QED) is 0.282. The molecule has 0 bridgehead atoms. The lowest BCUT2D eigenvalue weighted by Gasteiger charge is -2.28. The van der Waals surface area contributed by atoms with Crippen LogP contribution in [0.4, 0.5) is 0 Å². The molecule has 29 heavy (non-hydrogen) atoms. The number of guanidine groups is 1. The summed E-state index contributed by atoms with van der Waals surface area (Å²) in [6.45, 7) is 6.27. The highest BCUT2D eigenvalue weighted by atomic mass is 127. The first-order chi connectivity index (χ1) is 13.6. The van der Waals surface area contributed by atoms with Crippen molar-refractivity contribution in [2.45, 2.75) is 45.2 Å². The van der Waals surface area contributed by atoms with Crippen LogP contribution in [0.3, 0.4) is 0 Å². The van der Waals surface area contributed by atoms with Crippen LogP contribution < -0.4 is 15.4 Å². The monoisotopic (exact) mass is 518 g/mol. The molecule has 0 radical (unpaired) electrons. The summed E-state index contributed by atoms with van der Waals surface area (Å²) in [4.78, 5) is 6.58. The average molecular weight is 518 g/mol. The zero-order valence-electron chi connectivity index (χ0n) is 18.4. The SMILES string of the molecule is CN=C(NCc1cccc(OCCN(C)CCOC)c1)NC1CCC(C)CC1.I. The minimum absolute atomic E-state index is 0. The molecule has 1 aliphatic carbocycles. The average Bonchev–Trinajstić information content (AvgIpc) is 2.71. The number of benzene rings is 1. The molecule has 0 heterocycles. The molecule has 0 spiro atoms. The standard InChI is InChI=1S/C22H38N4O2.HI/c1-18-8-10-20(11-9-18)25-22(23-2)24-17-19-6-5-7-21(16-19)28-15-13-26(3)12-14-27-4;/h5-7,16,18,20H,8-15,17H2,1-4H3,(H2,23,24,25);1H. The Morgan fingerprint density at radius 1 is 1.17 bits per heavy atom. The first kappa shape index (κ1) is 26.0. The van der Waals surface area contributed by atoms with Gasteiger partial charge in [0.25, 0.3) is 0 Å². The molecule has 1 fully saturated rings. The van der Waals surface area contributed by atoms with Gasteiger partial charge in [-0.2, -0.15) is 0 Å². The van der Waals surface area contributed by atoms with E-state index in [9.17, 15) is 0 Å². The Morgan fingerprint density at radius 3 is 2.59 bits per heavy atom. The van der Waals surface area contributed by atoms with Crippen LogP contribution in [0.25, 0.3) is 0 Å². The Hall–Kier alpha value is -1.06. The number of rotatable bonds is 10. The number of methoxy groups -OCH3 is 1. The Kier molecular flexibility index (Phi) is 13.3. The zero-order chi connectivity index (χ0) is 20.2. The fraction of sp³-hybridized carbons (Fsp3) is 0.682. The van der Waals surface area contributed by atoms with E-state index in [1.807, 2.05) is 19.2 Å². The third-order valence-electron chi connectivity index (χ3n) is 5.36. The van der Waals surface area contributed by atoms with Crippen molar-refractivity contribution in [2.75, 3.05) is 47.5 Å². The van der Waals surface area contributed by atoms with Crippen molar-refractivity contribution in [3.05, 3.63) is 29.8 Å². The van der Waals surface area contributed by atoms with Gasteiger partial charge in [0.1, 0.15) is 12.4 Å². The van der Waals surface area contributed by atoms with Crippen molar-refractivity contribution < 1.29 is 9.47 Å². The molecule has 2 N–H and O–H groups in total. The van der Waals surface area contributed by atoms with Crippen molar-refractivity contribution in [1.82, 2.24) is 15.5 Å². The Labute approximate surface area is 193 Å². The normalized spacial score (nSPS) is 19.6. The number of likely N-dealkylation sites (N-methyl/N-ethyl adjacent to an activating group) is 1. The summed E-state index contributed by atoms with van der Waals surface area (Å²) < 4.78 is 11.0. The molecule has 7 heteroatoms. The highest BCUT2D eigenvalue weighted by Gasteiger charge is 2.18. The van der Waals surface area contributed by atoms with Crippen LogP contribution in [0.2, 0.25) is 0 Å². The molecule has 1 aliphatic rings. The van der Waals surface area contributed by atoms with E-state index in [4.69, 9.17) is 9.47 Å². The van der Waals surface area contributed by atoms with E-state index < -0.39 is 0 Å². The molecule has 166 valence electrons. The summed E-state index contributed by atoms with van der Waals surface area (Å²) in [5, 5.41) is 7.00. The minimum Gasteiger partial charge on any atom is -0.492 e. The maximum Gasteiger partial charge on any atom is 0.191 e. The first-order valence-corrected chi connectivity index (χ1v) is 10.5. The second kappa shape index (κ2) is 14.8. The van der Waals surface area contributed by atoms with Gasteiger partial charge in [0.2, 0.25) is 0 Å². The van der Waals surface area contributed by atoms with Gasteiger partial charge in [-0.25, -0.2) is 0 Å². The molecular formula is C22H39IN4O2. The first-order valence-electron chi connectivity index (χ1n) is 10.5. The molecule has 0 unspecified atom stereocenters. The lowest BCUT2D eigenvalue weighted by atomic mass is 9.87. The van der Waals surface area contributed by atoms with Crippen LogP contribution in [0.1, 0.15) is 38.2 Å². The fourth-order valence-electron chi connectivity index (χ4n) is 3.40.